The van der Waals surface area contributed by atoms with Gasteiger partial charge >= 0.3 is 6.09 Å². The second-order valence-electron chi connectivity index (χ2n) is 6.81. The minimum atomic E-state index is -0.488. The maximum Gasteiger partial charge on any atom is 0.407 e. The molecule has 0 aliphatic carbocycles. The maximum atomic E-state index is 11.5. The molecule has 0 atom stereocenters. The topological polar surface area (TPSA) is 84.0 Å². The van der Waals surface area contributed by atoms with Crippen molar-refractivity contribution >= 4 is 36.0 Å². The number of carbonyl (C=O) groups excluding carboxylic acids is 1. The van der Waals surface area contributed by atoms with Gasteiger partial charge in [0.15, 0.2) is 5.96 Å². The lowest BCUT2D eigenvalue weighted by molar-refractivity contribution is 0.0529. The number of aryl methyl sites for hydroxylation is 1. The van der Waals surface area contributed by atoms with E-state index in [2.05, 4.69) is 33.1 Å². The third kappa shape index (κ3) is 12.3. The lowest BCUT2D eigenvalue weighted by Gasteiger charge is -2.19. The van der Waals surface area contributed by atoms with Crippen LogP contribution in [0.2, 0.25) is 0 Å². The quantitative estimate of drug-likeness (QED) is 0.225. The number of aliphatic imine (C=N–C) groups is 1. The average Bonchev–Trinajstić information content (AvgIpc) is 2.59. The van der Waals surface area contributed by atoms with Gasteiger partial charge in [-0.15, -0.1) is 24.0 Å². The largest absolute Gasteiger partial charge is 0.497 e. The van der Waals surface area contributed by atoms with Gasteiger partial charge in [-0.25, -0.2) is 4.79 Å². The lowest BCUT2D eigenvalue weighted by Crippen LogP contribution is -2.42. The predicted octanol–water partition coefficient (Wildman–Crippen LogP) is 2.94. The van der Waals surface area contributed by atoms with E-state index in [1.165, 1.54) is 5.56 Å². The molecule has 154 valence electrons. The smallest absolute Gasteiger partial charge is 0.407 e. The Kier molecular flexibility index (Phi) is 12.6. The Balaban J connectivity index is 0.00000676. The summed E-state index contributed by atoms with van der Waals surface area (Å²) in [6, 6.07) is 8.09. The molecule has 0 fully saturated rings. The van der Waals surface area contributed by atoms with Crippen LogP contribution >= 0.6 is 24.0 Å². The number of guanidine groups is 1. The van der Waals surface area contributed by atoms with Crippen LogP contribution in [0.3, 0.4) is 0 Å². The van der Waals surface area contributed by atoms with Crippen LogP contribution in [0.4, 0.5) is 4.79 Å². The highest BCUT2D eigenvalue weighted by Crippen LogP contribution is 2.13. The summed E-state index contributed by atoms with van der Waals surface area (Å²) in [5.74, 6) is 1.59. The van der Waals surface area contributed by atoms with E-state index >= 15 is 0 Å². The third-order valence-electron chi connectivity index (χ3n) is 3.38. The van der Waals surface area contributed by atoms with Gasteiger partial charge in [0.1, 0.15) is 11.4 Å². The number of halogens is 1. The molecular weight excluding hydrogens is 459 g/mol. The summed E-state index contributed by atoms with van der Waals surface area (Å²) < 4.78 is 10.4. The molecule has 7 nitrogen and oxygen atoms in total. The molecule has 0 unspecified atom stereocenters. The summed E-state index contributed by atoms with van der Waals surface area (Å²) in [7, 11) is 3.40. The molecule has 0 aromatic heterocycles. The molecule has 0 saturated carbocycles. The van der Waals surface area contributed by atoms with E-state index < -0.39 is 11.7 Å². The van der Waals surface area contributed by atoms with E-state index in [-0.39, 0.29) is 24.0 Å². The van der Waals surface area contributed by atoms with E-state index in [0.717, 1.165) is 25.1 Å². The van der Waals surface area contributed by atoms with E-state index in [1.807, 2.05) is 32.9 Å². The molecule has 0 bridgehead atoms. The molecule has 0 aliphatic rings. The number of benzene rings is 1. The van der Waals surface area contributed by atoms with E-state index in [0.29, 0.717) is 19.0 Å². The number of nitrogens with one attached hydrogen (secondary N) is 3. The zero-order valence-corrected chi connectivity index (χ0v) is 19.3. The molecule has 0 radical (unpaired) electrons. The summed E-state index contributed by atoms with van der Waals surface area (Å²) in [6.07, 6.45) is 1.52. The van der Waals surface area contributed by atoms with Crippen molar-refractivity contribution in [2.75, 3.05) is 33.8 Å². The van der Waals surface area contributed by atoms with E-state index in [4.69, 9.17) is 9.47 Å². The Labute approximate surface area is 179 Å². The second-order valence-corrected chi connectivity index (χ2v) is 6.81. The third-order valence-corrected chi connectivity index (χ3v) is 3.38. The molecule has 27 heavy (non-hydrogen) atoms. The van der Waals surface area contributed by atoms with Gasteiger partial charge in [-0.05, 0) is 51.3 Å². The molecule has 0 spiro atoms. The molecule has 1 aromatic rings. The van der Waals surface area contributed by atoms with Gasteiger partial charge in [0.05, 0.1) is 7.11 Å². The Morgan fingerprint density at radius 2 is 1.78 bits per heavy atom. The molecule has 0 heterocycles. The molecule has 8 heteroatoms. The van der Waals surface area contributed by atoms with Crippen LogP contribution in [-0.2, 0) is 11.2 Å². The first kappa shape index (κ1) is 25.3. The molecule has 1 rings (SSSR count). The van der Waals surface area contributed by atoms with Gasteiger partial charge in [0.25, 0.3) is 0 Å². The lowest BCUT2D eigenvalue weighted by atomic mass is 10.1. The minimum absolute atomic E-state index is 0. The highest BCUT2D eigenvalue weighted by atomic mass is 127. The van der Waals surface area contributed by atoms with Gasteiger partial charge in [0.2, 0.25) is 0 Å². The van der Waals surface area contributed by atoms with Crippen LogP contribution in [0.1, 0.15) is 32.8 Å². The first-order valence-electron chi connectivity index (χ1n) is 8.88. The van der Waals surface area contributed by atoms with Gasteiger partial charge < -0.3 is 25.4 Å². The van der Waals surface area contributed by atoms with Crippen molar-refractivity contribution in [1.29, 1.82) is 0 Å². The summed E-state index contributed by atoms with van der Waals surface area (Å²) >= 11 is 0. The standard InChI is InChI=1S/C19H32N4O3.HI/c1-19(2,3)26-18(24)23-13-12-22-17(20-4)21-11-7-9-15-8-6-10-16(14-15)25-5;/h6,8,10,14H,7,9,11-13H2,1-5H3,(H,23,24)(H2,20,21,22);1H. The van der Waals surface area contributed by atoms with Crippen LogP contribution < -0.4 is 20.7 Å². The zero-order chi connectivity index (χ0) is 19.4. The Morgan fingerprint density at radius 3 is 2.41 bits per heavy atom. The number of hydrogen-bond donors (Lipinski definition) is 3. The van der Waals surface area contributed by atoms with Crippen molar-refractivity contribution in [3.05, 3.63) is 29.8 Å². The SMILES string of the molecule is CN=C(NCCCc1cccc(OC)c1)NCCNC(=O)OC(C)(C)C.I. The molecule has 3 N–H and O–H groups in total. The molecular formula is C19H33IN4O3. The van der Waals surface area contributed by atoms with Gasteiger partial charge in [-0.2, -0.15) is 0 Å². The van der Waals surface area contributed by atoms with Crippen molar-refractivity contribution in [1.82, 2.24) is 16.0 Å². The monoisotopic (exact) mass is 492 g/mol. The van der Waals surface area contributed by atoms with E-state index in [9.17, 15) is 4.79 Å². The van der Waals surface area contributed by atoms with Crippen LogP contribution in [0, 0.1) is 0 Å². The van der Waals surface area contributed by atoms with Crippen molar-refractivity contribution in [3.8, 4) is 5.75 Å². The first-order chi connectivity index (χ1) is 12.3. The van der Waals surface area contributed by atoms with Crippen molar-refractivity contribution in [2.45, 2.75) is 39.2 Å². The van der Waals surface area contributed by atoms with Crippen LogP contribution in [0.25, 0.3) is 0 Å². The Hall–Kier alpha value is -1.71. The highest BCUT2D eigenvalue weighted by Gasteiger charge is 2.15. The van der Waals surface area contributed by atoms with Crippen LogP contribution in [0.15, 0.2) is 29.3 Å². The maximum absolute atomic E-state index is 11.5. The summed E-state index contributed by atoms with van der Waals surface area (Å²) in [5.41, 5.74) is 0.758. The number of ether oxygens (including phenoxy) is 2. The Bertz CT molecular complexity index is 589. The molecule has 1 aromatic carbocycles. The normalized spacial score (nSPS) is 11.2. The fourth-order valence-electron chi connectivity index (χ4n) is 2.21. The summed E-state index contributed by atoms with van der Waals surface area (Å²) in [4.78, 5) is 15.7. The number of amides is 1. The molecule has 1 amide bonds. The number of rotatable bonds is 8. The van der Waals surface area contributed by atoms with Crippen LogP contribution in [0.5, 0.6) is 5.75 Å². The fraction of sp³-hybridized carbons (Fsp3) is 0.579. The van der Waals surface area contributed by atoms with Gasteiger partial charge in [-0.1, -0.05) is 12.1 Å². The molecule has 0 saturated heterocycles. The van der Waals surface area contributed by atoms with Gasteiger partial charge in [0, 0.05) is 26.7 Å². The van der Waals surface area contributed by atoms with Crippen molar-refractivity contribution in [3.63, 3.8) is 0 Å². The number of hydrogen-bond acceptors (Lipinski definition) is 4. The van der Waals surface area contributed by atoms with Crippen molar-refractivity contribution in [2.24, 2.45) is 4.99 Å². The van der Waals surface area contributed by atoms with Crippen LogP contribution in [-0.4, -0.2) is 51.4 Å². The summed E-state index contributed by atoms with van der Waals surface area (Å²) in [6.45, 7) is 7.33. The number of carbonyl (C=O) groups is 1. The molecule has 0 aliphatic heterocycles. The fourth-order valence-corrected chi connectivity index (χ4v) is 2.21. The zero-order valence-electron chi connectivity index (χ0n) is 16.9. The van der Waals surface area contributed by atoms with Crippen molar-refractivity contribution < 1.29 is 14.3 Å². The van der Waals surface area contributed by atoms with Gasteiger partial charge in [-0.3, -0.25) is 4.99 Å². The highest BCUT2D eigenvalue weighted by molar-refractivity contribution is 14.0. The first-order valence-corrected chi connectivity index (χ1v) is 8.88. The summed E-state index contributed by atoms with van der Waals surface area (Å²) in [5, 5.41) is 9.11. The number of methoxy groups -OCH3 is 1. The Morgan fingerprint density at radius 1 is 1.11 bits per heavy atom. The second kappa shape index (κ2) is 13.5. The predicted molar refractivity (Wildman–Crippen MR) is 120 cm³/mol. The van der Waals surface area contributed by atoms with E-state index in [1.54, 1.807) is 14.2 Å². The number of nitrogens with zero attached hydrogens (tertiary/aromatic N) is 1. The number of alkyl carbamates (subject to hydrolysis) is 1. The minimum Gasteiger partial charge on any atom is -0.497 e. The average molecular weight is 492 g/mol.